The zero-order valence-corrected chi connectivity index (χ0v) is 10.3. The van der Waals surface area contributed by atoms with Crippen molar-refractivity contribution in [2.45, 2.75) is 12.5 Å². The molecular weight excluding hydrogens is 232 g/mol. The van der Waals surface area contributed by atoms with Crippen LogP contribution in [0.5, 0.6) is 0 Å². The van der Waals surface area contributed by atoms with E-state index >= 15 is 0 Å². The van der Waals surface area contributed by atoms with Crippen LogP contribution in [0.1, 0.15) is 18.0 Å². The number of amides is 1. The number of carbonyl (C=O) groups excluding carboxylic acids is 1. The minimum atomic E-state index is -0.0540. The van der Waals surface area contributed by atoms with Gasteiger partial charge in [0.1, 0.15) is 6.42 Å². The number of benzene rings is 1. The van der Waals surface area contributed by atoms with E-state index in [9.17, 15) is 4.79 Å². The number of hydrogen-bond acceptors (Lipinski definition) is 3. The number of hydrogen-bond donors (Lipinski definition) is 0. The SMILES string of the molecule is N#CCC(=O)N1CCSCC1c1ccccc1. The molecular formula is C13H14N2OS. The first-order valence-electron chi connectivity index (χ1n) is 5.62. The van der Waals surface area contributed by atoms with E-state index in [4.69, 9.17) is 5.26 Å². The largest absolute Gasteiger partial charge is 0.333 e. The van der Waals surface area contributed by atoms with Gasteiger partial charge >= 0.3 is 0 Å². The van der Waals surface area contributed by atoms with Crippen molar-refractivity contribution < 1.29 is 4.79 Å². The van der Waals surface area contributed by atoms with E-state index in [1.165, 1.54) is 0 Å². The Labute approximate surface area is 105 Å². The summed E-state index contributed by atoms with van der Waals surface area (Å²) in [5.41, 5.74) is 1.16. The molecule has 0 aliphatic carbocycles. The van der Waals surface area contributed by atoms with Gasteiger partial charge in [0, 0.05) is 18.1 Å². The number of thioether (sulfide) groups is 1. The van der Waals surface area contributed by atoms with Gasteiger partial charge in [0.2, 0.25) is 5.91 Å². The van der Waals surface area contributed by atoms with Crippen molar-refractivity contribution in [3.63, 3.8) is 0 Å². The van der Waals surface area contributed by atoms with Gasteiger partial charge in [-0.1, -0.05) is 30.3 Å². The van der Waals surface area contributed by atoms with Crippen LogP contribution >= 0.6 is 11.8 Å². The molecule has 0 bridgehead atoms. The van der Waals surface area contributed by atoms with Crippen LogP contribution in [0, 0.1) is 11.3 Å². The summed E-state index contributed by atoms with van der Waals surface area (Å²) in [5.74, 6) is 1.82. The lowest BCUT2D eigenvalue weighted by Gasteiger charge is -2.35. The molecule has 0 spiro atoms. The first kappa shape index (κ1) is 12.0. The molecule has 1 heterocycles. The number of nitriles is 1. The molecule has 1 fully saturated rings. The summed E-state index contributed by atoms with van der Waals surface area (Å²) < 4.78 is 0. The fourth-order valence-corrected chi connectivity index (χ4v) is 3.11. The van der Waals surface area contributed by atoms with Crippen LogP contribution in [-0.4, -0.2) is 28.9 Å². The third-order valence-corrected chi connectivity index (χ3v) is 3.89. The van der Waals surface area contributed by atoms with Crippen molar-refractivity contribution in [3.05, 3.63) is 35.9 Å². The summed E-state index contributed by atoms with van der Waals surface area (Å²) in [7, 11) is 0. The standard InChI is InChI=1S/C13H14N2OS/c14-7-6-13(16)15-8-9-17-10-12(15)11-4-2-1-3-5-11/h1-5,12H,6,8-10H2. The van der Waals surface area contributed by atoms with Gasteiger partial charge in [-0.05, 0) is 5.56 Å². The Bertz CT molecular complexity index is 427. The number of rotatable bonds is 2. The molecule has 2 rings (SSSR count). The molecule has 1 saturated heterocycles. The Morgan fingerprint density at radius 2 is 2.24 bits per heavy atom. The topological polar surface area (TPSA) is 44.1 Å². The van der Waals surface area contributed by atoms with E-state index in [-0.39, 0.29) is 18.4 Å². The third-order valence-electron chi connectivity index (χ3n) is 2.86. The van der Waals surface area contributed by atoms with E-state index in [2.05, 4.69) is 0 Å². The predicted octanol–water partition coefficient (Wildman–Crippen LogP) is 2.22. The predicted molar refractivity (Wildman–Crippen MR) is 68.5 cm³/mol. The number of nitrogens with zero attached hydrogens (tertiary/aromatic N) is 2. The fourth-order valence-electron chi connectivity index (χ4n) is 2.02. The highest BCUT2D eigenvalue weighted by atomic mass is 32.2. The van der Waals surface area contributed by atoms with Crippen molar-refractivity contribution in [2.75, 3.05) is 18.1 Å². The van der Waals surface area contributed by atoms with Crippen LogP contribution in [-0.2, 0) is 4.79 Å². The molecule has 1 amide bonds. The van der Waals surface area contributed by atoms with E-state index in [0.717, 1.165) is 23.6 Å². The molecule has 1 unspecified atom stereocenters. The summed E-state index contributed by atoms with van der Waals surface area (Å²) in [4.78, 5) is 13.7. The minimum Gasteiger partial charge on any atom is -0.333 e. The highest BCUT2D eigenvalue weighted by molar-refractivity contribution is 7.99. The van der Waals surface area contributed by atoms with Crippen LogP contribution < -0.4 is 0 Å². The monoisotopic (exact) mass is 246 g/mol. The molecule has 0 saturated carbocycles. The van der Waals surface area contributed by atoms with Crippen molar-refractivity contribution in [1.82, 2.24) is 4.90 Å². The van der Waals surface area contributed by atoms with Crippen molar-refractivity contribution in [1.29, 1.82) is 5.26 Å². The highest BCUT2D eigenvalue weighted by Gasteiger charge is 2.27. The van der Waals surface area contributed by atoms with Crippen LogP contribution in [0.15, 0.2) is 30.3 Å². The Morgan fingerprint density at radius 3 is 2.94 bits per heavy atom. The molecule has 0 N–H and O–H groups in total. The summed E-state index contributed by atoms with van der Waals surface area (Å²) in [6.07, 6.45) is -0.0198. The third kappa shape index (κ3) is 2.80. The summed E-state index contributed by atoms with van der Waals surface area (Å²) in [5, 5.41) is 8.62. The minimum absolute atomic E-state index is 0.0198. The van der Waals surface area contributed by atoms with Crippen molar-refractivity contribution >= 4 is 17.7 Å². The van der Waals surface area contributed by atoms with Crippen LogP contribution in [0.3, 0.4) is 0 Å². The molecule has 1 aliphatic rings. The lowest BCUT2D eigenvalue weighted by molar-refractivity contribution is -0.132. The average molecular weight is 246 g/mol. The lowest BCUT2D eigenvalue weighted by Crippen LogP contribution is -2.40. The van der Waals surface area contributed by atoms with Gasteiger partial charge in [0.25, 0.3) is 0 Å². The van der Waals surface area contributed by atoms with E-state index in [1.54, 1.807) is 0 Å². The molecule has 1 atom stereocenters. The molecule has 17 heavy (non-hydrogen) atoms. The molecule has 3 nitrogen and oxygen atoms in total. The van der Waals surface area contributed by atoms with Crippen molar-refractivity contribution in [3.8, 4) is 6.07 Å². The maximum absolute atomic E-state index is 11.9. The van der Waals surface area contributed by atoms with E-state index < -0.39 is 0 Å². The second-order valence-corrected chi connectivity index (χ2v) is 5.07. The quantitative estimate of drug-likeness (QED) is 0.803. The van der Waals surface area contributed by atoms with Crippen LogP contribution in [0.25, 0.3) is 0 Å². The Morgan fingerprint density at radius 1 is 1.47 bits per heavy atom. The smallest absolute Gasteiger partial charge is 0.237 e. The van der Waals surface area contributed by atoms with Gasteiger partial charge in [-0.25, -0.2) is 0 Å². The van der Waals surface area contributed by atoms with Crippen LogP contribution in [0.2, 0.25) is 0 Å². The molecule has 1 aromatic rings. The van der Waals surface area contributed by atoms with Gasteiger partial charge in [0.05, 0.1) is 12.1 Å². The maximum Gasteiger partial charge on any atom is 0.237 e. The zero-order chi connectivity index (χ0) is 12.1. The Hall–Kier alpha value is -1.47. The van der Waals surface area contributed by atoms with Gasteiger partial charge in [-0.2, -0.15) is 17.0 Å². The summed E-state index contributed by atoms with van der Waals surface area (Å²) in [6, 6.07) is 12.1. The lowest BCUT2D eigenvalue weighted by atomic mass is 10.1. The second-order valence-electron chi connectivity index (χ2n) is 3.92. The molecule has 0 aromatic heterocycles. The molecule has 1 aliphatic heterocycles. The molecule has 4 heteroatoms. The van der Waals surface area contributed by atoms with E-state index in [1.807, 2.05) is 53.1 Å². The highest BCUT2D eigenvalue weighted by Crippen LogP contribution is 2.29. The zero-order valence-electron chi connectivity index (χ0n) is 9.50. The average Bonchev–Trinajstić information content (AvgIpc) is 2.40. The second kappa shape index (κ2) is 5.74. The van der Waals surface area contributed by atoms with Crippen LogP contribution in [0.4, 0.5) is 0 Å². The number of carbonyl (C=O) groups is 1. The summed E-state index contributed by atoms with van der Waals surface area (Å²) >= 11 is 1.86. The Kier molecular flexibility index (Phi) is 4.05. The van der Waals surface area contributed by atoms with Gasteiger partial charge in [0.15, 0.2) is 0 Å². The fraction of sp³-hybridized carbons (Fsp3) is 0.385. The van der Waals surface area contributed by atoms with Gasteiger partial charge in [-0.15, -0.1) is 0 Å². The Balaban J connectivity index is 2.18. The summed E-state index contributed by atoms with van der Waals surface area (Å²) in [6.45, 7) is 0.741. The van der Waals surface area contributed by atoms with Crippen molar-refractivity contribution in [2.24, 2.45) is 0 Å². The molecule has 0 radical (unpaired) electrons. The van der Waals surface area contributed by atoms with Gasteiger partial charge in [-0.3, -0.25) is 4.79 Å². The maximum atomic E-state index is 11.9. The molecule has 1 aromatic carbocycles. The molecule has 88 valence electrons. The first-order valence-corrected chi connectivity index (χ1v) is 6.77. The van der Waals surface area contributed by atoms with Gasteiger partial charge < -0.3 is 4.90 Å². The van der Waals surface area contributed by atoms with E-state index in [0.29, 0.717) is 0 Å². The first-order chi connectivity index (χ1) is 8.33. The normalized spacial score (nSPS) is 19.7.